The van der Waals surface area contributed by atoms with Crippen molar-refractivity contribution in [2.75, 3.05) is 20.3 Å². The maximum atomic E-state index is 13.7. The Morgan fingerprint density at radius 1 is 1.04 bits per heavy atom. The Labute approximate surface area is 164 Å². The molecule has 2 aliphatic rings. The minimum atomic E-state index is -1.06. The Bertz CT molecular complexity index is 898. The Morgan fingerprint density at radius 2 is 1.71 bits per heavy atom. The predicted octanol–water partition coefficient (Wildman–Crippen LogP) is 2.86. The summed E-state index contributed by atoms with van der Waals surface area (Å²) in [4.78, 5) is 28.7. The van der Waals surface area contributed by atoms with Gasteiger partial charge in [0.1, 0.15) is 6.04 Å². The van der Waals surface area contributed by atoms with Gasteiger partial charge in [-0.1, -0.05) is 48.5 Å². The first-order valence-electron chi connectivity index (χ1n) is 9.53. The molecule has 2 aliphatic heterocycles. The Morgan fingerprint density at radius 3 is 2.43 bits per heavy atom. The number of fused-ring (bicyclic) bond motifs is 2. The molecule has 0 spiro atoms. The molecule has 0 radical (unpaired) electrons. The number of ether oxygens (including phenoxy) is 1. The van der Waals surface area contributed by atoms with Crippen LogP contribution in [0.4, 0.5) is 4.79 Å². The third-order valence-electron chi connectivity index (χ3n) is 5.76. The summed E-state index contributed by atoms with van der Waals surface area (Å²) in [5.41, 5.74) is 4.15. The van der Waals surface area contributed by atoms with Crippen LogP contribution in [0.2, 0.25) is 0 Å². The molecule has 0 aromatic heterocycles. The lowest BCUT2D eigenvalue weighted by atomic mass is 9.89. The monoisotopic (exact) mass is 380 g/mol. The van der Waals surface area contributed by atoms with Crippen molar-refractivity contribution in [1.29, 1.82) is 0 Å². The molecule has 2 atom stereocenters. The van der Waals surface area contributed by atoms with E-state index in [4.69, 9.17) is 4.74 Å². The largest absolute Gasteiger partial charge is 0.465 e. The molecule has 2 amide bonds. The fraction of sp³-hybridized carbons (Fsp3) is 0.364. The molecule has 0 fully saturated rings. The van der Waals surface area contributed by atoms with Crippen molar-refractivity contribution < 1.29 is 19.4 Å². The molecule has 6 heteroatoms. The van der Waals surface area contributed by atoms with Crippen LogP contribution in [0.3, 0.4) is 0 Å². The first-order chi connectivity index (χ1) is 13.6. The van der Waals surface area contributed by atoms with Crippen molar-refractivity contribution in [1.82, 2.24) is 9.80 Å². The van der Waals surface area contributed by atoms with Crippen molar-refractivity contribution in [3.05, 3.63) is 70.8 Å². The quantitative estimate of drug-likeness (QED) is 0.889. The number of carboxylic acid groups (broad SMARTS) is 1. The number of rotatable bonds is 3. The zero-order valence-corrected chi connectivity index (χ0v) is 15.9. The van der Waals surface area contributed by atoms with E-state index in [1.165, 1.54) is 10.5 Å². The average Bonchev–Trinajstić information content (AvgIpc) is 2.72. The van der Waals surface area contributed by atoms with E-state index in [2.05, 4.69) is 6.07 Å². The molecule has 0 saturated heterocycles. The molecular formula is C22H24N2O4. The summed E-state index contributed by atoms with van der Waals surface area (Å²) in [5.74, 6) is -0.175. The van der Waals surface area contributed by atoms with Crippen LogP contribution in [-0.2, 0) is 28.9 Å². The first-order valence-corrected chi connectivity index (χ1v) is 9.53. The van der Waals surface area contributed by atoms with E-state index < -0.39 is 12.1 Å². The highest BCUT2D eigenvalue weighted by Crippen LogP contribution is 2.34. The number of carbonyl (C=O) groups excluding carboxylic acids is 1. The van der Waals surface area contributed by atoms with E-state index in [-0.39, 0.29) is 11.9 Å². The zero-order chi connectivity index (χ0) is 19.7. The second-order valence-electron chi connectivity index (χ2n) is 7.38. The van der Waals surface area contributed by atoms with Crippen LogP contribution >= 0.6 is 0 Å². The van der Waals surface area contributed by atoms with Gasteiger partial charge in [-0.05, 0) is 35.1 Å². The molecule has 146 valence electrons. The number of methoxy groups -OCH3 is 1. The summed E-state index contributed by atoms with van der Waals surface area (Å²) < 4.78 is 5.38. The number of hydrogen-bond acceptors (Lipinski definition) is 3. The molecule has 6 nitrogen and oxygen atoms in total. The third kappa shape index (κ3) is 3.24. The smallest absolute Gasteiger partial charge is 0.408 e. The van der Waals surface area contributed by atoms with Crippen LogP contribution in [0, 0.1) is 0 Å². The van der Waals surface area contributed by atoms with E-state index >= 15 is 0 Å². The van der Waals surface area contributed by atoms with Gasteiger partial charge in [-0.25, -0.2) is 4.79 Å². The average molecular weight is 380 g/mol. The van der Waals surface area contributed by atoms with Crippen LogP contribution in [0.1, 0.15) is 28.3 Å². The SMILES string of the molecule is COC[C@@H]1Cc2ccccc2CN1C(=O)C1c2ccccc2CCN1C(=O)O. The van der Waals surface area contributed by atoms with Gasteiger partial charge in [-0.2, -0.15) is 0 Å². The fourth-order valence-electron chi connectivity index (χ4n) is 4.38. The van der Waals surface area contributed by atoms with Crippen LogP contribution in [0.25, 0.3) is 0 Å². The molecule has 2 aromatic carbocycles. The van der Waals surface area contributed by atoms with Gasteiger partial charge in [0.05, 0.1) is 12.6 Å². The number of amides is 2. The highest BCUT2D eigenvalue weighted by molar-refractivity contribution is 5.88. The topological polar surface area (TPSA) is 70.1 Å². The lowest BCUT2D eigenvalue weighted by molar-refractivity contribution is -0.142. The van der Waals surface area contributed by atoms with Gasteiger partial charge in [-0.15, -0.1) is 0 Å². The van der Waals surface area contributed by atoms with Crippen LogP contribution < -0.4 is 0 Å². The highest BCUT2D eigenvalue weighted by atomic mass is 16.5. The van der Waals surface area contributed by atoms with Crippen molar-refractivity contribution in [3.8, 4) is 0 Å². The molecule has 0 saturated carbocycles. The third-order valence-corrected chi connectivity index (χ3v) is 5.76. The van der Waals surface area contributed by atoms with Crippen molar-refractivity contribution in [3.63, 3.8) is 0 Å². The second-order valence-corrected chi connectivity index (χ2v) is 7.38. The zero-order valence-electron chi connectivity index (χ0n) is 15.9. The molecule has 2 aromatic rings. The molecule has 1 unspecified atom stereocenters. The summed E-state index contributed by atoms with van der Waals surface area (Å²) >= 11 is 0. The van der Waals surface area contributed by atoms with Gasteiger partial charge in [0.15, 0.2) is 0 Å². The summed E-state index contributed by atoms with van der Waals surface area (Å²) in [5, 5.41) is 9.74. The van der Waals surface area contributed by atoms with Gasteiger partial charge in [-0.3, -0.25) is 9.69 Å². The number of hydrogen-bond donors (Lipinski definition) is 1. The summed E-state index contributed by atoms with van der Waals surface area (Å²) in [6.07, 6.45) is 0.266. The molecule has 0 bridgehead atoms. The first kappa shape index (κ1) is 18.5. The molecule has 1 N–H and O–H groups in total. The molecule has 0 aliphatic carbocycles. The number of carbonyl (C=O) groups is 2. The van der Waals surface area contributed by atoms with E-state index in [0.29, 0.717) is 32.5 Å². The van der Waals surface area contributed by atoms with Crippen molar-refractivity contribution in [2.45, 2.75) is 31.5 Å². The van der Waals surface area contributed by atoms with E-state index in [1.54, 1.807) is 12.0 Å². The van der Waals surface area contributed by atoms with E-state index in [9.17, 15) is 14.7 Å². The lowest BCUT2D eigenvalue weighted by Gasteiger charge is -2.42. The highest BCUT2D eigenvalue weighted by Gasteiger charge is 2.41. The Balaban J connectivity index is 1.72. The minimum absolute atomic E-state index is 0.114. The van der Waals surface area contributed by atoms with Crippen LogP contribution in [-0.4, -0.2) is 53.2 Å². The van der Waals surface area contributed by atoms with Gasteiger partial charge >= 0.3 is 6.09 Å². The summed E-state index contributed by atoms with van der Waals surface area (Å²) in [6.45, 7) is 1.21. The van der Waals surface area contributed by atoms with Crippen LogP contribution in [0.15, 0.2) is 48.5 Å². The van der Waals surface area contributed by atoms with Crippen LogP contribution in [0.5, 0.6) is 0 Å². The molecule has 28 heavy (non-hydrogen) atoms. The predicted molar refractivity (Wildman–Crippen MR) is 104 cm³/mol. The van der Waals surface area contributed by atoms with Crippen molar-refractivity contribution in [2.24, 2.45) is 0 Å². The maximum Gasteiger partial charge on any atom is 0.408 e. The lowest BCUT2D eigenvalue weighted by Crippen LogP contribution is -2.53. The fourth-order valence-corrected chi connectivity index (χ4v) is 4.38. The van der Waals surface area contributed by atoms with Gasteiger partial charge in [0, 0.05) is 20.2 Å². The van der Waals surface area contributed by atoms with E-state index in [0.717, 1.165) is 16.7 Å². The summed E-state index contributed by atoms with van der Waals surface area (Å²) in [7, 11) is 1.63. The standard InChI is InChI=1S/C22H24N2O4/c1-28-14-18-12-16-7-2-3-8-17(16)13-24(18)21(25)20-19-9-5-4-6-15(19)10-11-23(20)22(26)27/h2-9,18,20H,10-14H2,1H3,(H,26,27)/t18-,20?/m0/s1. The molecule has 4 rings (SSSR count). The second kappa shape index (κ2) is 7.64. The Kier molecular flexibility index (Phi) is 5.05. The molecular weight excluding hydrogens is 356 g/mol. The number of nitrogens with zero attached hydrogens (tertiary/aromatic N) is 2. The maximum absolute atomic E-state index is 13.7. The molecule has 2 heterocycles. The van der Waals surface area contributed by atoms with Gasteiger partial charge < -0.3 is 14.7 Å². The summed E-state index contributed by atoms with van der Waals surface area (Å²) in [6, 6.07) is 14.8. The van der Waals surface area contributed by atoms with Gasteiger partial charge in [0.25, 0.3) is 5.91 Å². The van der Waals surface area contributed by atoms with Crippen molar-refractivity contribution >= 4 is 12.0 Å². The van der Waals surface area contributed by atoms with Gasteiger partial charge in [0.2, 0.25) is 0 Å². The minimum Gasteiger partial charge on any atom is -0.465 e. The van der Waals surface area contributed by atoms with E-state index in [1.807, 2.05) is 42.5 Å². The Hall–Kier alpha value is -2.86. The number of benzene rings is 2. The normalized spacial score (nSPS) is 21.0.